The third-order valence-electron chi connectivity index (χ3n) is 6.85. The molecule has 1 atom stereocenters. The number of nitrogens with zero attached hydrogens (tertiary/aromatic N) is 2. The molecule has 1 aromatic heterocycles. The first-order chi connectivity index (χ1) is 16.9. The molecular formula is C26H38N4O5. The van der Waals surface area contributed by atoms with Crippen molar-refractivity contribution in [2.75, 3.05) is 26.7 Å². The Hall–Kier alpha value is -2.94. The molecule has 1 fully saturated rings. The highest BCUT2D eigenvalue weighted by atomic mass is 16.5. The minimum Gasteiger partial charge on any atom is -0.465 e. The molecule has 1 amide bonds. The number of H-pyrrole nitrogens is 1. The lowest BCUT2D eigenvalue weighted by atomic mass is 10.00. The quantitative estimate of drug-likeness (QED) is 0.352. The van der Waals surface area contributed by atoms with Crippen LogP contribution in [0, 0.1) is 0 Å². The van der Waals surface area contributed by atoms with Crippen molar-refractivity contribution in [1.29, 1.82) is 0 Å². The van der Waals surface area contributed by atoms with Gasteiger partial charge in [-0.2, -0.15) is 0 Å². The number of amides is 1. The van der Waals surface area contributed by atoms with Crippen molar-refractivity contribution < 1.29 is 14.3 Å². The number of ether oxygens (including phenoxy) is 1. The molecule has 35 heavy (non-hydrogen) atoms. The zero-order valence-electron chi connectivity index (χ0n) is 20.9. The Morgan fingerprint density at radius 3 is 2.71 bits per heavy atom. The lowest BCUT2D eigenvalue weighted by molar-refractivity contribution is -0.121. The molecule has 1 saturated heterocycles. The lowest BCUT2D eigenvalue weighted by Crippen LogP contribution is -2.40. The Labute approximate surface area is 205 Å². The monoisotopic (exact) mass is 486 g/mol. The number of fused-ring (bicyclic) bond motifs is 1. The predicted molar refractivity (Wildman–Crippen MR) is 136 cm³/mol. The van der Waals surface area contributed by atoms with Crippen molar-refractivity contribution in [1.82, 2.24) is 19.8 Å². The van der Waals surface area contributed by atoms with Crippen LogP contribution in [0.15, 0.2) is 27.8 Å². The molecule has 9 nitrogen and oxygen atoms in total. The first kappa shape index (κ1) is 26.7. The molecule has 2 N–H and O–H groups in total. The smallest absolute Gasteiger partial charge is 0.337 e. The number of carbonyl (C=O) groups is 2. The number of nitrogens with one attached hydrogen (secondary N) is 2. The van der Waals surface area contributed by atoms with Crippen LogP contribution in [0.5, 0.6) is 0 Å². The van der Waals surface area contributed by atoms with Gasteiger partial charge < -0.3 is 19.9 Å². The van der Waals surface area contributed by atoms with E-state index >= 15 is 0 Å². The highest BCUT2D eigenvalue weighted by molar-refractivity contribution is 5.93. The van der Waals surface area contributed by atoms with Crippen molar-refractivity contribution in [3.05, 3.63) is 44.6 Å². The lowest BCUT2D eigenvalue weighted by Gasteiger charge is -2.35. The fourth-order valence-electron chi connectivity index (χ4n) is 4.85. The summed E-state index contributed by atoms with van der Waals surface area (Å²) in [4.78, 5) is 54.2. The summed E-state index contributed by atoms with van der Waals surface area (Å²) in [5.74, 6) is -0.481. The van der Waals surface area contributed by atoms with Crippen molar-refractivity contribution in [2.24, 2.45) is 0 Å². The van der Waals surface area contributed by atoms with E-state index in [4.69, 9.17) is 0 Å². The van der Waals surface area contributed by atoms with Crippen LogP contribution >= 0.6 is 0 Å². The van der Waals surface area contributed by atoms with Crippen LogP contribution in [0.1, 0.15) is 75.1 Å². The van der Waals surface area contributed by atoms with Crippen LogP contribution in [0.4, 0.5) is 0 Å². The summed E-state index contributed by atoms with van der Waals surface area (Å²) in [6.07, 6.45) is 8.57. The van der Waals surface area contributed by atoms with Crippen molar-refractivity contribution >= 4 is 22.8 Å². The van der Waals surface area contributed by atoms with Gasteiger partial charge in [-0.25, -0.2) is 9.59 Å². The second kappa shape index (κ2) is 13.2. The van der Waals surface area contributed by atoms with Gasteiger partial charge in [0, 0.05) is 32.1 Å². The SMILES string of the molecule is CC[C@@H]1CCCCN1CCCNC(=O)CCCCCn1c(=O)[nH]c2cc(C(=O)OC)ccc2c1=O. The van der Waals surface area contributed by atoms with Crippen LogP contribution < -0.4 is 16.6 Å². The molecule has 0 aliphatic carbocycles. The van der Waals surface area contributed by atoms with E-state index in [0.29, 0.717) is 42.8 Å². The normalized spacial score (nSPS) is 16.3. The third-order valence-corrected chi connectivity index (χ3v) is 6.85. The number of benzene rings is 1. The number of carbonyl (C=O) groups excluding carboxylic acids is 2. The number of methoxy groups -OCH3 is 1. The van der Waals surface area contributed by atoms with E-state index in [0.717, 1.165) is 19.4 Å². The zero-order valence-corrected chi connectivity index (χ0v) is 20.9. The molecule has 3 rings (SSSR count). The summed E-state index contributed by atoms with van der Waals surface area (Å²) in [6, 6.07) is 5.17. The average Bonchev–Trinajstić information content (AvgIpc) is 2.87. The number of hydrogen-bond donors (Lipinski definition) is 2. The second-order valence-corrected chi connectivity index (χ2v) is 9.25. The van der Waals surface area contributed by atoms with E-state index in [1.54, 1.807) is 0 Å². The van der Waals surface area contributed by atoms with Gasteiger partial charge >= 0.3 is 11.7 Å². The number of hydrogen-bond acceptors (Lipinski definition) is 6. The summed E-state index contributed by atoms with van der Waals surface area (Å²) < 4.78 is 5.85. The van der Waals surface area contributed by atoms with Gasteiger partial charge in [-0.3, -0.25) is 14.2 Å². The number of likely N-dealkylation sites (tertiary alicyclic amines) is 1. The van der Waals surface area contributed by atoms with Gasteiger partial charge in [-0.1, -0.05) is 19.8 Å². The summed E-state index contributed by atoms with van der Waals surface area (Å²) in [5, 5.41) is 3.35. The van der Waals surface area contributed by atoms with Crippen molar-refractivity contribution in [2.45, 2.75) is 77.3 Å². The van der Waals surface area contributed by atoms with Gasteiger partial charge in [-0.05, 0) is 63.3 Å². The van der Waals surface area contributed by atoms with Gasteiger partial charge in [0.05, 0.1) is 23.6 Å². The maximum atomic E-state index is 12.7. The van der Waals surface area contributed by atoms with Gasteiger partial charge in [0.1, 0.15) is 0 Å². The van der Waals surface area contributed by atoms with E-state index < -0.39 is 17.2 Å². The maximum Gasteiger partial charge on any atom is 0.337 e. The standard InChI is InChI=1S/C26H38N4O5/c1-3-20-10-6-8-15-29(20)16-9-14-27-23(31)11-5-4-7-17-30-24(32)21-13-12-19(25(33)35-2)18-22(21)28-26(30)34/h12-13,18,20H,3-11,14-17H2,1-2H3,(H,27,31)(H,28,34)/t20-/m1/s1. The molecule has 1 aromatic carbocycles. The minimum absolute atomic E-state index is 0.0535. The van der Waals surface area contributed by atoms with E-state index in [1.165, 1.54) is 62.1 Å². The summed E-state index contributed by atoms with van der Waals surface area (Å²) >= 11 is 0. The number of aromatic amines is 1. The van der Waals surface area contributed by atoms with Crippen LogP contribution in [0.2, 0.25) is 0 Å². The largest absolute Gasteiger partial charge is 0.465 e. The fraction of sp³-hybridized carbons (Fsp3) is 0.615. The molecule has 2 aromatic rings. The molecule has 0 saturated carbocycles. The van der Waals surface area contributed by atoms with Crippen LogP contribution in [-0.2, 0) is 16.1 Å². The molecule has 1 aliphatic rings. The first-order valence-corrected chi connectivity index (χ1v) is 12.8. The Morgan fingerprint density at radius 2 is 1.94 bits per heavy atom. The third kappa shape index (κ3) is 7.27. The highest BCUT2D eigenvalue weighted by Gasteiger charge is 2.19. The summed E-state index contributed by atoms with van der Waals surface area (Å²) in [6.45, 7) is 5.44. The van der Waals surface area contributed by atoms with E-state index in [1.807, 2.05) is 0 Å². The van der Waals surface area contributed by atoms with E-state index in [9.17, 15) is 19.2 Å². The molecule has 0 spiro atoms. The molecule has 2 heterocycles. The molecule has 1 aliphatic heterocycles. The fourth-order valence-corrected chi connectivity index (χ4v) is 4.85. The van der Waals surface area contributed by atoms with Crippen LogP contribution in [0.25, 0.3) is 10.9 Å². The van der Waals surface area contributed by atoms with Gasteiger partial charge in [0.2, 0.25) is 5.91 Å². The number of piperidine rings is 1. The minimum atomic E-state index is -0.534. The second-order valence-electron chi connectivity index (χ2n) is 9.25. The van der Waals surface area contributed by atoms with Crippen molar-refractivity contribution in [3.63, 3.8) is 0 Å². The number of rotatable bonds is 12. The van der Waals surface area contributed by atoms with Gasteiger partial charge in [0.15, 0.2) is 0 Å². The van der Waals surface area contributed by atoms with Crippen molar-refractivity contribution in [3.8, 4) is 0 Å². The number of esters is 1. The zero-order chi connectivity index (χ0) is 25.2. The van der Waals surface area contributed by atoms with E-state index in [2.05, 4.69) is 26.9 Å². The first-order valence-electron chi connectivity index (χ1n) is 12.8. The maximum absolute atomic E-state index is 12.7. The molecule has 0 bridgehead atoms. The molecule has 192 valence electrons. The summed E-state index contributed by atoms with van der Waals surface area (Å²) in [7, 11) is 1.27. The highest BCUT2D eigenvalue weighted by Crippen LogP contribution is 2.19. The Balaban J connectivity index is 1.38. The predicted octanol–water partition coefficient (Wildman–Crippen LogP) is 2.81. The Bertz CT molecular complexity index is 1120. The Morgan fingerprint density at radius 1 is 1.11 bits per heavy atom. The number of aromatic nitrogens is 2. The average molecular weight is 487 g/mol. The van der Waals surface area contributed by atoms with Crippen LogP contribution in [-0.4, -0.2) is 59.1 Å². The van der Waals surface area contributed by atoms with Gasteiger partial charge in [-0.15, -0.1) is 0 Å². The summed E-state index contributed by atoms with van der Waals surface area (Å²) in [5.41, 5.74) is -0.331. The molecule has 9 heteroatoms. The Kier molecular flexibility index (Phi) is 10.1. The topological polar surface area (TPSA) is 114 Å². The molecule has 0 radical (unpaired) electrons. The molecule has 0 unspecified atom stereocenters. The molecular weight excluding hydrogens is 448 g/mol. The van der Waals surface area contributed by atoms with Crippen LogP contribution in [0.3, 0.4) is 0 Å². The number of unbranched alkanes of at least 4 members (excludes halogenated alkanes) is 2. The van der Waals surface area contributed by atoms with E-state index in [-0.39, 0.29) is 18.0 Å². The van der Waals surface area contributed by atoms with Gasteiger partial charge in [0.25, 0.3) is 5.56 Å².